The summed E-state index contributed by atoms with van der Waals surface area (Å²) < 4.78 is 44.9. The van der Waals surface area contributed by atoms with Crippen LogP contribution in [0.1, 0.15) is 0 Å². The van der Waals surface area contributed by atoms with Crippen molar-refractivity contribution in [2.75, 3.05) is 13.2 Å². The van der Waals surface area contributed by atoms with Gasteiger partial charge in [-0.1, -0.05) is 12.1 Å². The zero-order chi connectivity index (χ0) is 12.9. The van der Waals surface area contributed by atoms with Crippen LogP contribution >= 0.6 is 0 Å². The molecular weight excluding hydrogens is 264 g/mol. The molecule has 0 amide bonds. The van der Waals surface area contributed by atoms with Crippen LogP contribution < -0.4 is 44.1 Å². The fourth-order valence-electron chi connectivity index (χ4n) is 0.985. The van der Waals surface area contributed by atoms with Gasteiger partial charge < -0.3 is 19.4 Å². The van der Waals surface area contributed by atoms with Crippen LogP contribution in [0.4, 0.5) is 13.2 Å². The van der Waals surface area contributed by atoms with Gasteiger partial charge >= 0.3 is 35.7 Å². The van der Waals surface area contributed by atoms with Crippen LogP contribution in [-0.2, 0) is 4.79 Å². The summed E-state index contributed by atoms with van der Waals surface area (Å²) in [4.78, 5) is 10.1. The molecule has 8 heteroatoms. The third-order valence-corrected chi connectivity index (χ3v) is 1.59. The van der Waals surface area contributed by atoms with Crippen molar-refractivity contribution in [2.45, 2.75) is 6.18 Å². The second-order valence-corrected chi connectivity index (χ2v) is 3.01. The first kappa shape index (κ1) is 17.1. The Kier molecular flexibility index (Phi) is 7.12. The maximum Gasteiger partial charge on any atom is 1.00 e. The molecule has 0 aromatic heterocycles. The first-order valence-electron chi connectivity index (χ1n) is 4.50. The van der Waals surface area contributed by atoms with Crippen molar-refractivity contribution in [3.8, 4) is 11.5 Å². The molecule has 1 aromatic rings. The summed E-state index contributed by atoms with van der Waals surface area (Å²) in [6.45, 7) is -2.23. The number of halogens is 3. The molecule has 0 heterocycles. The molecule has 0 saturated carbocycles. The van der Waals surface area contributed by atoms with E-state index in [0.717, 1.165) is 0 Å². The fraction of sp³-hybridized carbons (Fsp3) is 0.300. The molecule has 0 atom stereocenters. The fourth-order valence-corrected chi connectivity index (χ4v) is 0.985. The number of benzene rings is 1. The zero-order valence-corrected chi connectivity index (χ0v) is 11.5. The summed E-state index contributed by atoms with van der Waals surface area (Å²) in [6, 6.07) is 5.47. The average Bonchev–Trinajstić information content (AvgIpc) is 2.23. The zero-order valence-electron chi connectivity index (χ0n) is 9.49. The summed E-state index contributed by atoms with van der Waals surface area (Å²) in [7, 11) is 0. The Hall–Kier alpha value is -0.920. The van der Waals surface area contributed by atoms with E-state index in [1.54, 1.807) is 0 Å². The predicted molar refractivity (Wildman–Crippen MR) is 48.5 cm³/mol. The number of rotatable bonds is 5. The molecule has 0 N–H and O–H groups in total. The van der Waals surface area contributed by atoms with Crippen LogP contribution in [0, 0.1) is 0 Å². The molecule has 1 rings (SSSR count). The van der Waals surface area contributed by atoms with Crippen molar-refractivity contribution < 1.29 is 62.1 Å². The molecule has 18 heavy (non-hydrogen) atoms. The second-order valence-electron chi connectivity index (χ2n) is 3.01. The summed E-state index contributed by atoms with van der Waals surface area (Å²) in [5.74, 6) is -1.73. The summed E-state index contributed by atoms with van der Waals surface area (Å²) in [6.07, 6.45) is -4.47. The number of hydrogen-bond donors (Lipinski definition) is 0. The van der Waals surface area contributed by atoms with Crippen LogP contribution in [0.15, 0.2) is 24.3 Å². The summed E-state index contributed by atoms with van der Waals surface area (Å²) in [5.41, 5.74) is 0. The second kappa shape index (κ2) is 7.50. The molecule has 0 fully saturated rings. The van der Waals surface area contributed by atoms with Gasteiger partial charge in [-0.3, -0.25) is 0 Å². The van der Waals surface area contributed by atoms with E-state index in [4.69, 9.17) is 4.74 Å². The Bertz CT molecular complexity index is 395. The number of para-hydroxylation sites is 2. The number of ether oxygens (including phenoxy) is 2. The molecule has 0 bridgehead atoms. The smallest absolute Gasteiger partial charge is 0.546 e. The number of carboxylic acid groups (broad SMARTS) is 1. The Morgan fingerprint density at radius 1 is 1.17 bits per heavy atom. The minimum atomic E-state index is -4.47. The molecule has 94 valence electrons. The van der Waals surface area contributed by atoms with E-state index in [1.165, 1.54) is 24.3 Å². The normalized spacial score (nSPS) is 10.4. The van der Waals surface area contributed by atoms with Crippen molar-refractivity contribution in [3.05, 3.63) is 24.3 Å². The largest absolute Gasteiger partial charge is 1.00 e. The summed E-state index contributed by atoms with van der Waals surface area (Å²) in [5, 5.41) is 10.1. The first-order valence-corrected chi connectivity index (χ1v) is 4.50. The van der Waals surface area contributed by atoms with Crippen molar-refractivity contribution in [3.63, 3.8) is 0 Å². The van der Waals surface area contributed by atoms with Gasteiger partial charge in [0.25, 0.3) is 0 Å². The van der Waals surface area contributed by atoms with Gasteiger partial charge in [0.15, 0.2) is 18.1 Å². The van der Waals surface area contributed by atoms with Gasteiger partial charge in [-0.25, -0.2) is 0 Å². The van der Waals surface area contributed by atoms with Crippen LogP contribution in [-0.4, -0.2) is 25.4 Å². The Labute approximate surface area is 123 Å². The molecular formula is C10H8F3NaO4. The van der Waals surface area contributed by atoms with Gasteiger partial charge in [0.05, 0.1) is 5.97 Å². The Morgan fingerprint density at radius 3 is 2.11 bits per heavy atom. The molecule has 1 aromatic carbocycles. The van der Waals surface area contributed by atoms with Gasteiger partial charge in [-0.15, -0.1) is 0 Å². The topological polar surface area (TPSA) is 58.6 Å². The number of hydrogen-bond acceptors (Lipinski definition) is 4. The number of carbonyl (C=O) groups is 1. The minimum absolute atomic E-state index is 0. The third-order valence-electron chi connectivity index (χ3n) is 1.59. The van der Waals surface area contributed by atoms with Gasteiger partial charge in [-0.05, 0) is 12.1 Å². The van der Waals surface area contributed by atoms with Crippen molar-refractivity contribution in [1.29, 1.82) is 0 Å². The van der Waals surface area contributed by atoms with E-state index in [2.05, 4.69) is 4.74 Å². The van der Waals surface area contributed by atoms with E-state index < -0.39 is 25.4 Å². The van der Waals surface area contributed by atoms with E-state index in [-0.39, 0.29) is 41.1 Å². The predicted octanol–water partition coefficient (Wildman–Crippen LogP) is -2.24. The molecule has 0 aliphatic heterocycles. The molecule has 0 aliphatic carbocycles. The number of alkyl halides is 3. The monoisotopic (exact) mass is 272 g/mol. The maximum absolute atomic E-state index is 11.9. The van der Waals surface area contributed by atoms with Crippen LogP contribution in [0.25, 0.3) is 0 Å². The van der Waals surface area contributed by atoms with Crippen molar-refractivity contribution >= 4 is 5.97 Å². The van der Waals surface area contributed by atoms with Crippen LogP contribution in [0.3, 0.4) is 0 Å². The van der Waals surface area contributed by atoms with Crippen molar-refractivity contribution in [2.24, 2.45) is 0 Å². The van der Waals surface area contributed by atoms with Gasteiger partial charge in [0.1, 0.15) is 6.61 Å². The molecule has 0 spiro atoms. The minimum Gasteiger partial charge on any atom is -0.546 e. The van der Waals surface area contributed by atoms with Crippen LogP contribution in [0.2, 0.25) is 0 Å². The number of carbonyl (C=O) groups excluding carboxylic acids is 1. The molecule has 4 nitrogen and oxygen atoms in total. The Balaban J connectivity index is 0.00000289. The van der Waals surface area contributed by atoms with E-state index >= 15 is 0 Å². The van der Waals surface area contributed by atoms with Gasteiger partial charge in [0, 0.05) is 0 Å². The SMILES string of the molecule is O=C([O-])COc1ccccc1OCC(F)(F)F.[Na+]. The van der Waals surface area contributed by atoms with E-state index in [1.807, 2.05) is 0 Å². The van der Waals surface area contributed by atoms with E-state index in [0.29, 0.717) is 0 Å². The number of aliphatic carboxylic acids is 1. The first-order chi connectivity index (χ1) is 7.88. The quantitative estimate of drug-likeness (QED) is 0.569. The van der Waals surface area contributed by atoms with Gasteiger partial charge in [0.2, 0.25) is 0 Å². The maximum atomic E-state index is 11.9. The van der Waals surface area contributed by atoms with Crippen molar-refractivity contribution in [1.82, 2.24) is 0 Å². The van der Waals surface area contributed by atoms with Crippen LogP contribution in [0.5, 0.6) is 11.5 Å². The molecule has 0 radical (unpaired) electrons. The molecule has 0 aliphatic rings. The van der Waals surface area contributed by atoms with E-state index in [9.17, 15) is 23.1 Å². The average molecular weight is 272 g/mol. The third kappa shape index (κ3) is 6.73. The molecule has 0 saturated heterocycles. The number of carboxylic acids is 1. The molecule has 0 unspecified atom stereocenters. The standard InChI is InChI=1S/C10H9F3O4.Na/c11-10(12,13)6-17-8-4-2-1-3-7(8)16-5-9(14)15;/h1-4H,5-6H2,(H,14,15);/q;+1/p-1. The van der Waals surface area contributed by atoms with Gasteiger partial charge in [-0.2, -0.15) is 13.2 Å². The Morgan fingerprint density at radius 2 is 1.67 bits per heavy atom. The summed E-state index contributed by atoms with van der Waals surface area (Å²) >= 11 is 0.